The average Bonchev–Trinajstić information content (AvgIpc) is 2.51. The van der Waals surface area contributed by atoms with Crippen molar-refractivity contribution in [1.82, 2.24) is 0 Å². The van der Waals surface area contributed by atoms with Gasteiger partial charge in [0.05, 0.1) is 31.0 Å². The van der Waals surface area contributed by atoms with E-state index in [2.05, 4.69) is 5.32 Å². The second-order valence-electron chi connectivity index (χ2n) is 4.45. The first-order valence-electron chi connectivity index (χ1n) is 7.06. The van der Waals surface area contributed by atoms with Crippen LogP contribution in [0.1, 0.15) is 37.0 Å². The fourth-order valence-electron chi connectivity index (χ4n) is 1.56. The van der Waals surface area contributed by atoms with Crippen LogP contribution in [0.4, 0.5) is 5.69 Å². The van der Waals surface area contributed by atoms with E-state index in [1.165, 1.54) is 0 Å². The molecule has 0 aliphatic rings. The number of carbonyl (C=O) groups is 2. The molecule has 3 N–H and O–H groups in total. The summed E-state index contributed by atoms with van der Waals surface area (Å²) >= 11 is 0. The lowest BCUT2D eigenvalue weighted by atomic mass is 10.2. The number of hydrogen-bond donors (Lipinski definition) is 2. The summed E-state index contributed by atoms with van der Waals surface area (Å²) in [6.45, 7) is 4.63. The summed E-state index contributed by atoms with van der Waals surface area (Å²) < 4.78 is 10.6. The van der Waals surface area contributed by atoms with Crippen molar-refractivity contribution >= 4 is 17.6 Å². The van der Waals surface area contributed by atoms with Gasteiger partial charge in [0.1, 0.15) is 5.75 Å². The monoisotopic (exact) mass is 294 g/mol. The third kappa shape index (κ3) is 5.43. The summed E-state index contributed by atoms with van der Waals surface area (Å²) in [5.74, 6) is -0.294. The lowest BCUT2D eigenvalue weighted by Gasteiger charge is -2.13. The standard InChI is InChI=1S/C15H22N2O4/c1-3-7-20-13-9-11(15(19)21-8-4-2)5-6-12(13)17-14(18)10-16/h5-6,9H,3-4,7-8,10,16H2,1-2H3,(H,17,18). The zero-order valence-electron chi connectivity index (χ0n) is 12.5. The zero-order valence-corrected chi connectivity index (χ0v) is 12.5. The molecule has 0 fully saturated rings. The molecule has 116 valence electrons. The number of hydrogen-bond acceptors (Lipinski definition) is 5. The van der Waals surface area contributed by atoms with E-state index in [1.807, 2.05) is 13.8 Å². The number of esters is 1. The highest BCUT2D eigenvalue weighted by molar-refractivity contribution is 5.95. The molecule has 0 atom stereocenters. The highest BCUT2D eigenvalue weighted by Gasteiger charge is 2.13. The van der Waals surface area contributed by atoms with Gasteiger partial charge in [0.2, 0.25) is 5.91 Å². The number of benzene rings is 1. The van der Waals surface area contributed by atoms with Gasteiger partial charge in [-0.15, -0.1) is 0 Å². The van der Waals surface area contributed by atoms with Crippen molar-refractivity contribution in [1.29, 1.82) is 0 Å². The molecule has 1 aromatic carbocycles. The zero-order chi connectivity index (χ0) is 15.7. The maximum absolute atomic E-state index is 11.8. The van der Waals surface area contributed by atoms with Gasteiger partial charge in [0, 0.05) is 0 Å². The van der Waals surface area contributed by atoms with E-state index in [-0.39, 0.29) is 12.5 Å². The summed E-state index contributed by atoms with van der Waals surface area (Å²) in [6, 6.07) is 4.77. The highest BCUT2D eigenvalue weighted by atomic mass is 16.5. The van der Waals surface area contributed by atoms with Crippen molar-refractivity contribution < 1.29 is 19.1 Å². The Kier molecular flexibility index (Phi) is 7.25. The molecule has 0 radical (unpaired) electrons. The Labute approximate surface area is 124 Å². The number of rotatable bonds is 8. The largest absolute Gasteiger partial charge is 0.491 e. The molecule has 21 heavy (non-hydrogen) atoms. The first kappa shape index (κ1) is 17.0. The van der Waals surface area contributed by atoms with Gasteiger partial charge in [0.15, 0.2) is 0 Å². The molecule has 0 unspecified atom stereocenters. The smallest absolute Gasteiger partial charge is 0.338 e. The van der Waals surface area contributed by atoms with E-state index in [9.17, 15) is 9.59 Å². The first-order valence-corrected chi connectivity index (χ1v) is 7.06. The lowest BCUT2D eigenvalue weighted by molar-refractivity contribution is -0.114. The third-order valence-electron chi connectivity index (χ3n) is 2.58. The molecule has 0 aliphatic heterocycles. The molecular weight excluding hydrogens is 272 g/mol. The van der Waals surface area contributed by atoms with Gasteiger partial charge in [-0.25, -0.2) is 4.79 Å². The van der Waals surface area contributed by atoms with Crippen LogP contribution in [0.2, 0.25) is 0 Å². The van der Waals surface area contributed by atoms with Crippen LogP contribution < -0.4 is 15.8 Å². The van der Waals surface area contributed by atoms with E-state index in [0.29, 0.717) is 30.2 Å². The van der Waals surface area contributed by atoms with Crippen LogP contribution in [-0.4, -0.2) is 31.6 Å². The number of nitrogens with two attached hydrogens (primary N) is 1. The third-order valence-corrected chi connectivity index (χ3v) is 2.58. The molecule has 0 bridgehead atoms. The van der Waals surface area contributed by atoms with Crippen LogP contribution in [0.3, 0.4) is 0 Å². The molecule has 1 rings (SSSR count). The van der Waals surface area contributed by atoms with Crippen molar-refractivity contribution in [3.63, 3.8) is 0 Å². The van der Waals surface area contributed by atoms with E-state index >= 15 is 0 Å². The molecule has 0 aliphatic carbocycles. The predicted molar refractivity (Wildman–Crippen MR) is 80.5 cm³/mol. The van der Waals surface area contributed by atoms with Crippen LogP contribution in [-0.2, 0) is 9.53 Å². The van der Waals surface area contributed by atoms with E-state index in [0.717, 1.165) is 12.8 Å². The lowest BCUT2D eigenvalue weighted by Crippen LogP contribution is -2.22. The molecule has 1 amide bonds. The minimum absolute atomic E-state index is 0.118. The van der Waals surface area contributed by atoms with Crippen LogP contribution >= 0.6 is 0 Å². The summed E-state index contributed by atoms with van der Waals surface area (Å²) in [4.78, 5) is 23.2. The Balaban J connectivity index is 2.94. The number of amides is 1. The van der Waals surface area contributed by atoms with Crippen molar-refractivity contribution in [2.45, 2.75) is 26.7 Å². The Hall–Kier alpha value is -2.08. The fourth-order valence-corrected chi connectivity index (χ4v) is 1.56. The van der Waals surface area contributed by atoms with Gasteiger partial charge in [-0.1, -0.05) is 13.8 Å². The predicted octanol–water partition coefficient (Wildman–Crippen LogP) is 1.94. The quantitative estimate of drug-likeness (QED) is 0.715. The van der Waals surface area contributed by atoms with Gasteiger partial charge in [-0.3, -0.25) is 4.79 Å². The van der Waals surface area contributed by atoms with Crippen LogP contribution in [0.15, 0.2) is 18.2 Å². The minimum Gasteiger partial charge on any atom is -0.491 e. The molecule has 1 aromatic rings. The van der Waals surface area contributed by atoms with Gasteiger partial charge in [-0.2, -0.15) is 0 Å². The molecule has 0 saturated carbocycles. The number of anilines is 1. The van der Waals surface area contributed by atoms with Crippen molar-refractivity contribution in [3.8, 4) is 5.75 Å². The molecule has 0 heterocycles. The number of ether oxygens (including phenoxy) is 2. The van der Waals surface area contributed by atoms with E-state index in [1.54, 1.807) is 18.2 Å². The Morgan fingerprint density at radius 1 is 1.19 bits per heavy atom. The molecule has 0 aromatic heterocycles. The summed E-state index contributed by atoms with van der Waals surface area (Å²) in [5, 5.41) is 2.64. The molecular formula is C15H22N2O4. The first-order chi connectivity index (χ1) is 10.1. The molecule has 0 spiro atoms. The Morgan fingerprint density at radius 2 is 1.90 bits per heavy atom. The Bertz CT molecular complexity index is 489. The van der Waals surface area contributed by atoms with Crippen molar-refractivity contribution in [3.05, 3.63) is 23.8 Å². The maximum Gasteiger partial charge on any atom is 0.338 e. The van der Waals surface area contributed by atoms with Crippen LogP contribution in [0, 0.1) is 0 Å². The van der Waals surface area contributed by atoms with Gasteiger partial charge in [-0.05, 0) is 31.0 Å². The molecule has 6 nitrogen and oxygen atoms in total. The van der Waals surface area contributed by atoms with Gasteiger partial charge >= 0.3 is 5.97 Å². The van der Waals surface area contributed by atoms with Gasteiger partial charge < -0.3 is 20.5 Å². The normalized spacial score (nSPS) is 10.0. The second kappa shape index (κ2) is 8.97. The minimum atomic E-state index is -0.408. The maximum atomic E-state index is 11.8. The summed E-state index contributed by atoms with van der Waals surface area (Å²) in [6.07, 6.45) is 1.57. The Morgan fingerprint density at radius 3 is 2.52 bits per heavy atom. The topological polar surface area (TPSA) is 90.7 Å². The fraction of sp³-hybridized carbons (Fsp3) is 0.467. The van der Waals surface area contributed by atoms with E-state index in [4.69, 9.17) is 15.2 Å². The average molecular weight is 294 g/mol. The van der Waals surface area contributed by atoms with E-state index < -0.39 is 5.97 Å². The summed E-state index contributed by atoms with van der Waals surface area (Å²) in [7, 11) is 0. The van der Waals surface area contributed by atoms with Crippen molar-refractivity contribution in [2.24, 2.45) is 5.73 Å². The molecule has 6 heteroatoms. The van der Waals surface area contributed by atoms with Crippen LogP contribution in [0.5, 0.6) is 5.75 Å². The molecule has 0 saturated heterocycles. The van der Waals surface area contributed by atoms with Crippen molar-refractivity contribution in [2.75, 3.05) is 25.1 Å². The second-order valence-corrected chi connectivity index (χ2v) is 4.45. The highest BCUT2D eigenvalue weighted by Crippen LogP contribution is 2.26. The van der Waals surface area contributed by atoms with Crippen LogP contribution in [0.25, 0.3) is 0 Å². The SMILES string of the molecule is CCCOC(=O)c1ccc(NC(=O)CN)c(OCCC)c1. The van der Waals surface area contributed by atoms with Gasteiger partial charge in [0.25, 0.3) is 0 Å². The number of carbonyl (C=O) groups excluding carboxylic acids is 2. The summed E-state index contributed by atoms with van der Waals surface area (Å²) in [5.41, 5.74) is 6.16. The number of nitrogens with one attached hydrogen (secondary N) is 1.